The second-order valence-corrected chi connectivity index (χ2v) is 12.5. The van der Waals surface area contributed by atoms with Crippen molar-refractivity contribution < 1.29 is 0 Å². The summed E-state index contributed by atoms with van der Waals surface area (Å²) in [5.41, 5.74) is 10.9. The molecule has 0 N–H and O–H groups in total. The molecule has 0 aliphatic heterocycles. The van der Waals surface area contributed by atoms with Crippen molar-refractivity contribution in [3.63, 3.8) is 0 Å². The average Bonchev–Trinajstić information content (AvgIpc) is 3.48. The number of aromatic nitrogens is 1. The average molecular weight is 596 g/mol. The molecule has 0 fully saturated rings. The van der Waals surface area contributed by atoms with Crippen LogP contribution in [0.15, 0.2) is 176 Å². The lowest BCUT2D eigenvalue weighted by Crippen LogP contribution is -1.98. The predicted octanol–water partition coefficient (Wildman–Crippen LogP) is 12.7. The summed E-state index contributed by atoms with van der Waals surface area (Å²) in [7, 11) is 0. The molecule has 9 aromatic carbocycles. The largest absolute Gasteiger partial charge is 0.309 e. The lowest BCUT2D eigenvalue weighted by molar-refractivity contribution is 1.18. The topological polar surface area (TPSA) is 4.93 Å². The Kier molecular flexibility index (Phi) is 5.64. The van der Waals surface area contributed by atoms with Crippen LogP contribution in [-0.4, -0.2) is 4.57 Å². The summed E-state index contributed by atoms with van der Waals surface area (Å²) in [4.78, 5) is 0. The van der Waals surface area contributed by atoms with E-state index >= 15 is 0 Å². The third kappa shape index (κ3) is 3.97. The molecule has 0 spiro atoms. The number of hydrogen-bond acceptors (Lipinski definition) is 0. The highest BCUT2D eigenvalue weighted by Gasteiger charge is 2.20. The van der Waals surface area contributed by atoms with Crippen LogP contribution in [0.5, 0.6) is 0 Å². The first-order valence-electron chi connectivity index (χ1n) is 16.3. The van der Waals surface area contributed by atoms with Crippen LogP contribution in [0.25, 0.3) is 93.2 Å². The van der Waals surface area contributed by atoms with Crippen molar-refractivity contribution in [2.24, 2.45) is 0 Å². The number of nitrogens with zero attached hydrogens (tertiary/aromatic N) is 1. The summed E-state index contributed by atoms with van der Waals surface area (Å²) < 4.78 is 2.49. The Bertz CT molecular complexity index is 2700. The highest BCUT2D eigenvalue weighted by molar-refractivity contribution is 6.33. The summed E-state index contributed by atoms with van der Waals surface area (Å²) in [6, 6.07) is 64.5. The molecule has 1 heterocycles. The number of rotatable bonds is 4. The van der Waals surface area contributed by atoms with E-state index in [0.717, 1.165) is 0 Å². The van der Waals surface area contributed by atoms with E-state index < -0.39 is 0 Å². The van der Waals surface area contributed by atoms with Crippen LogP contribution in [-0.2, 0) is 0 Å². The van der Waals surface area contributed by atoms with E-state index in [1.807, 2.05) is 0 Å². The second kappa shape index (κ2) is 10.2. The standard InChI is InChI=1S/C46H29N/c1-3-12-30(13-4-1)35-26-36(31-14-5-2-6-15-31)28-37(27-35)38-18-7-9-20-41(38)47-42-21-10-8-19-39(42)46-40-25-24-33-17-11-16-32-22-23-34(29-43(46)47)45(40)44(32)33/h1-29H. The van der Waals surface area contributed by atoms with Crippen molar-refractivity contribution >= 4 is 54.1 Å². The molecule has 0 atom stereocenters. The number of para-hydroxylation sites is 2. The Balaban J connectivity index is 1.30. The first-order chi connectivity index (χ1) is 23.3. The van der Waals surface area contributed by atoms with Crippen LogP contribution in [0.3, 0.4) is 0 Å². The third-order valence-electron chi connectivity index (χ3n) is 9.89. The minimum Gasteiger partial charge on any atom is -0.309 e. The Labute approximate surface area is 272 Å². The van der Waals surface area contributed by atoms with E-state index in [-0.39, 0.29) is 0 Å². The van der Waals surface area contributed by atoms with Gasteiger partial charge in [0.2, 0.25) is 0 Å². The summed E-state index contributed by atoms with van der Waals surface area (Å²) in [6.45, 7) is 0. The molecule has 0 aliphatic rings. The predicted molar refractivity (Wildman–Crippen MR) is 201 cm³/mol. The number of benzene rings is 9. The Morgan fingerprint density at radius 3 is 1.64 bits per heavy atom. The minimum atomic E-state index is 1.18. The lowest BCUT2D eigenvalue weighted by atomic mass is 9.92. The molecule has 10 aromatic rings. The zero-order valence-corrected chi connectivity index (χ0v) is 25.7. The van der Waals surface area contributed by atoms with Crippen molar-refractivity contribution in [3.05, 3.63) is 176 Å². The van der Waals surface area contributed by atoms with Crippen LogP contribution in [0.4, 0.5) is 0 Å². The van der Waals surface area contributed by atoms with Crippen molar-refractivity contribution in [3.8, 4) is 39.1 Å². The van der Waals surface area contributed by atoms with Crippen LogP contribution in [0.2, 0.25) is 0 Å². The summed E-state index contributed by atoms with van der Waals surface area (Å²) in [5, 5.41) is 10.5. The fourth-order valence-corrected chi connectivity index (χ4v) is 7.81. The Morgan fingerprint density at radius 2 is 0.894 bits per heavy atom. The Hall–Kier alpha value is -6.18. The molecule has 0 saturated heterocycles. The molecule has 0 radical (unpaired) electrons. The van der Waals surface area contributed by atoms with E-state index in [2.05, 4.69) is 180 Å². The van der Waals surface area contributed by atoms with E-state index in [9.17, 15) is 0 Å². The van der Waals surface area contributed by atoms with Crippen molar-refractivity contribution in [2.45, 2.75) is 0 Å². The maximum Gasteiger partial charge on any atom is 0.0553 e. The van der Waals surface area contributed by atoms with E-state index in [0.29, 0.717) is 0 Å². The van der Waals surface area contributed by atoms with Crippen LogP contribution >= 0.6 is 0 Å². The van der Waals surface area contributed by atoms with Gasteiger partial charge in [0.25, 0.3) is 0 Å². The summed E-state index contributed by atoms with van der Waals surface area (Å²) in [5.74, 6) is 0. The SMILES string of the molecule is c1ccc(-c2cc(-c3ccccc3)cc(-c3ccccc3-n3c4ccccc4c4c5ccc6cccc7ccc(cc43)c5c76)c2)cc1. The van der Waals surface area contributed by atoms with Gasteiger partial charge in [-0.1, -0.05) is 140 Å². The fraction of sp³-hybridized carbons (Fsp3) is 0. The molecule has 10 rings (SSSR count). The highest BCUT2D eigenvalue weighted by atomic mass is 15.0. The molecule has 1 nitrogen and oxygen atoms in total. The molecule has 0 amide bonds. The van der Waals surface area contributed by atoms with Crippen LogP contribution in [0.1, 0.15) is 0 Å². The zero-order valence-electron chi connectivity index (χ0n) is 25.7. The fourth-order valence-electron chi connectivity index (χ4n) is 7.81. The van der Waals surface area contributed by atoms with Gasteiger partial charge in [-0.25, -0.2) is 0 Å². The van der Waals surface area contributed by atoms with E-state index in [4.69, 9.17) is 0 Å². The smallest absolute Gasteiger partial charge is 0.0553 e. The van der Waals surface area contributed by atoms with Gasteiger partial charge in [0.1, 0.15) is 0 Å². The Morgan fingerprint density at radius 1 is 0.298 bits per heavy atom. The van der Waals surface area contributed by atoms with Gasteiger partial charge in [0, 0.05) is 16.3 Å². The quantitative estimate of drug-likeness (QED) is 0.178. The van der Waals surface area contributed by atoms with Gasteiger partial charge >= 0.3 is 0 Å². The normalized spacial score (nSPS) is 11.8. The van der Waals surface area contributed by atoms with Crippen molar-refractivity contribution in [2.75, 3.05) is 0 Å². The van der Waals surface area contributed by atoms with Gasteiger partial charge in [-0.2, -0.15) is 0 Å². The minimum absolute atomic E-state index is 1.18. The van der Waals surface area contributed by atoms with Gasteiger partial charge in [-0.05, 0) is 96.5 Å². The zero-order chi connectivity index (χ0) is 30.9. The summed E-state index contributed by atoms with van der Waals surface area (Å²) in [6.07, 6.45) is 0. The van der Waals surface area contributed by atoms with Crippen LogP contribution in [0, 0.1) is 0 Å². The van der Waals surface area contributed by atoms with E-state index in [1.165, 1.54) is 93.2 Å². The van der Waals surface area contributed by atoms with Gasteiger partial charge in [-0.15, -0.1) is 0 Å². The van der Waals surface area contributed by atoms with E-state index in [1.54, 1.807) is 0 Å². The van der Waals surface area contributed by atoms with Gasteiger partial charge < -0.3 is 4.57 Å². The highest BCUT2D eigenvalue weighted by Crippen LogP contribution is 2.44. The van der Waals surface area contributed by atoms with Gasteiger partial charge in [0.05, 0.1) is 16.7 Å². The molecule has 0 aliphatic carbocycles. The molecule has 0 unspecified atom stereocenters. The second-order valence-electron chi connectivity index (χ2n) is 12.5. The maximum absolute atomic E-state index is 2.49. The molecule has 0 bridgehead atoms. The summed E-state index contributed by atoms with van der Waals surface area (Å²) >= 11 is 0. The van der Waals surface area contributed by atoms with Crippen LogP contribution < -0.4 is 0 Å². The molecule has 1 heteroatoms. The van der Waals surface area contributed by atoms with Gasteiger partial charge in [-0.3, -0.25) is 0 Å². The van der Waals surface area contributed by atoms with Crippen molar-refractivity contribution in [1.82, 2.24) is 4.57 Å². The number of fused-ring (bicyclic) bond motifs is 4. The first-order valence-corrected chi connectivity index (χ1v) is 16.3. The molecule has 218 valence electrons. The molecule has 0 saturated carbocycles. The molecule has 47 heavy (non-hydrogen) atoms. The van der Waals surface area contributed by atoms with Crippen molar-refractivity contribution in [1.29, 1.82) is 0 Å². The monoisotopic (exact) mass is 595 g/mol. The van der Waals surface area contributed by atoms with Gasteiger partial charge in [0.15, 0.2) is 0 Å². The maximum atomic E-state index is 2.49. The lowest BCUT2D eigenvalue weighted by Gasteiger charge is -2.17. The molecular formula is C46H29N. The molecule has 1 aromatic heterocycles. The molecular weight excluding hydrogens is 567 g/mol. The number of hydrogen-bond donors (Lipinski definition) is 0. The first kappa shape index (κ1) is 26.1. The third-order valence-corrected chi connectivity index (χ3v) is 9.89.